The van der Waals surface area contributed by atoms with Crippen molar-refractivity contribution in [2.45, 2.75) is 105 Å². The maximum Gasteiger partial charge on any atom is 0.191 e. The molecular formula is C22H44O2Si. The number of rotatable bonds is 4. The highest BCUT2D eigenvalue weighted by atomic mass is 28.4. The van der Waals surface area contributed by atoms with Crippen LogP contribution in [-0.4, -0.2) is 26.1 Å². The molecule has 2 rings (SSSR count). The summed E-state index contributed by atoms with van der Waals surface area (Å²) in [5, 5.41) is 11.1. The Labute approximate surface area is 158 Å². The maximum absolute atomic E-state index is 10.8. The third kappa shape index (κ3) is 4.04. The Morgan fingerprint density at radius 2 is 1.72 bits per heavy atom. The van der Waals surface area contributed by atoms with Crippen molar-refractivity contribution in [3.05, 3.63) is 0 Å². The molecule has 0 bridgehead atoms. The number of aliphatic hydroxyl groups is 1. The average Bonchev–Trinajstić information content (AvgIpc) is 2.44. The second-order valence-electron chi connectivity index (χ2n) is 11.6. The van der Waals surface area contributed by atoms with Crippen LogP contribution in [0.15, 0.2) is 0 Å². The molecule has 1 N–H and O–H groups in total. The minimum atomic E-state index is -1.69. The highest BCUT2D eigenvalue weighted by Crippen LogP contribution is 2.61. The van der Waals surface area contributed by atoms with Crippen LogP contribution in [0.2, 0.25) is 18.1 Å². The summed E-state index contributed by atoms with van der Waals surface area (Å²) in [5.74, 6) is 1.60. The molecule has 0 radical (unpaired) electrons. The highest BCUT2D eigenvalue weighted by Gasteiger charge is 2.55. The van der Waals surface area contributed by atoms with E-state index in [4.69, 9.17) is 4.43 Å². The lowest BCUT2D eigenvalue weighted by molar-refractivity contribution is -0.143. The predicted molar refractivity (Wildman–Crippen MR) is 110 cm³/mol. The number of hydrogen-bond donors (Lipinski definition) is 1. The van der Waals surface area contributed by atoms with E-state index in [0.717, 1.165) is 19.4 Å². The van der Waals surface area contributed by atoms with Gasteiger partial charge in [-0.3, -0.25) is 0 Å². The first-order chi connectivity index (χ1) is 11.2. The van der Waals surface area contributed by atoms with E-state index in [-0.39, 0.29) is 11.1 Å². The second kappa shape index (κ2) is 6.94. The smallest absolute Gasteiger partial charge is 0.191 e. The van der Waals surface area contributed by atoms with Crippen LogP contribution < -0.4 is 0 Å². The Hall–Kier alpha value is 0.137. The van der Waals surface area contributed by atoms with Crippen LogP contribution in [0.3, 0.4) is 0 Å². The van der Waals surface area contributed by atoms with Gasteiger partial charge in [0.25, 0.3) is 0 Å². The zero-order valence-corrected chi connectivity index (χ0v) is 19.4. The Morgan fingerprint density at radius 1 is 1.12 bits per heavy atom. The zero-order valence-electron chi connectivity index (χ0n) is 18.4. The molecule has 5 atom stereocenters. The summed E-state index contributed by atoms with van der Waals surface area (Å²) < 4.78 is 6.51. The maximum atomic E-state index is 10.8. The van der Waals surface area contributed by atoms with Gasteiger partial charge in [-0.25, -0.2) is 0 Å². The van der Waals surface area contributed by atoms with Gasteiger partial charge in [-0.1, -0.05) is 54.9 Å². The number of hydrogen-bond acceptors (Lipinski definition) is 2. The molecule has 25 heavy (non-hydrogen) atoms. The molecule has 0 spiro atoms. The van der Waals surface area contributed by atoms with E-state index in [9.17, 15) is 5.11 Å². The Balaban J connectivity index is 2.14. The molecule has 2 aliphatic rings. The van der Waals surface area contributed by atoms with E-state index in [1.54, 1.807) is 0 Å². The van der Waals surface area contributed by atoms with Crippen LogP contribution in [0.25, 0.3) is 0 Å². The van der Waals surface area contributed by atoms with Crippen molar-refractivity contribution in [1.82, 2.24) is 0 Å². The zero-order chi connectivity index (χ0) is 19.3. The largest absolute Gasteiger partial charge is 0.417 e. The molecule has 0 aliphatic heterocycles. The van der Waals surface area contributed by atoms with Crippen LogP contribution in [0.5, 0.6) is 0 Å². The van der Waals surface area contributed by atoms with Gasteiger partial charge in [0.05, 0.1) is 6.10 Å². The first-order valence-corrected chi connectivity index (χ1v) is 13.5. The molecule has 2 saturated carbocycles. The van der Waals surface area contributed by atoms with E-state index in [0.29, 0.717) is 28.6 Å². The summed E-state index contributed by atoms with van der Waals surface area (Å²) in [6.45, 7) is 22.2. The van der Waals surface area contributed by atoms with Crippen LogP contribution in [-0.2, 0) is 4.43 Å². The lowest BCUT2D eigenvalue weighted by Crippen LogP contribution is -2.55. The van der Waals surface area contributed by atoms with Gasteiger partial charge in [0.15, 0.2) is 8.32 Å². The molecule has 0 aromatic rings. The van der Waals surface area contributed by atoms with Crippen molar-refractivity contribution in [2.75, 3.05) is 6.61 Å². The fourth-order valence-electron chi connectivity index (χ4n) is 5.77. The summed E-state index contributed by atoms with van der Waals surface area (Å²) >= 11 is 0. The predicted octanol–water partition coefficient (Wildman–Crippen LogP) is 6.25. The summed E-state index contributed by atoms with van der Waals surface area (Å²) in [5.41, 5.74) is 0.712. The van der Waals surface area contributed by atoms with E-state index < -0.39 is 8.32 Å². The first-order valence-electron chi connectivity index (χ1n) is 10.5. The van der Waals surface area contributed by atoms with Gasteiger partial charge < -0.3 is 9.53 Å². The van der Waals surface area contributed by atoms with Crippen LogP contribution in [0.4, 0.5) is 0 Å². The van der Waals surface area contributed by atoms with Crippen LogP contribution in [0, 0.1) is 28.6 Å². The summed E-state index contributed by atoms with van der Waals surface area (Å²) in [6, 6.07) is 0. The quantitative estimate of drug-likeness (QED) is 0.594. The van der Waals surface area contributed by atoms with Crippen molar-refractivity contribution >= 4 is 8.32 Å². The second-order valence-corrected chi connectivity index (χ2v) is 16.4. The van der Waals surface area contributed by atoms with Gasteiger partial charge in [0, 0.05) is 6.61 Å². The lowest BCUT2D eigenvalue weighted by Gasteiger charge is -2.60. The van der Waals surface area contributed by atoms with Gasteiger partial charge in [-0.15, -0.1) is 0 Å². The Morgan fingerprint density at radius 3 is 2.28 bits per heavy atom. The topological polar surface area (TPSA) is 29.5 Å². The molecule has 0 aromatic carbocycles. The van der Waals surface area contributed by atoms with Gasteiger partial charge in [-0.05, 0) is 72.4 Å². The minimum Gasteiger partial charge on any atom is -0.417 e. The minimum absolute atomic E-state index is 0.145. The van der Waals surface area contributed by atoms with Gasteiger partial charge in [0.1, 0.15) is 0 Å². The number of aliphatic hydroxyl groups excluding tert-OH is 1. The van der Waals surface area contributed by atoms with Gasteiger partial charge >= 0.3 is 0 Å². The lowest BCUT2D eigenvalue weighted by atomic mass is 9.45. The third-order valence-electron chi connectivity index (χ3n) is 8.54. The molecule has 2 nitrogen and oxygen atoms in total. The molecule has 148 valence electrons. The molecular weight excluding hydrogens is 324 g/mol. The van der Waals surface area contributed by atoms with E-state index in [1.165, 1.54) is 19.3 Å². The SMILES string of the molecule is C[C@@H]1[C@@H](O)C[C@H]2C(C)(C)CCC[C@]2(C)[C@H]1CCO[Si](C)(C)C(C)(C)C. The van der Waals surface area contributed by atoms with Crippen molar-refractivity contribution in [2.24, 2.45) is 28.6 Å². The van der Waals surface area contributed by atoms with Crippen molar-refractivity contribution in [1.29, 1.82) is 0 Å². The normalized spacial score (nSPS) is 39.1. The highest BCUT2D eigenvalue weighted by molar-refractivity contribution is 6.74. The van der Waals surface area contributed by atoms with E-state index in [1.807, 2.05) is 0 Å². The standard InChI is InChI=1S/C22H44O2Si/c1-16-17(11-14-24-25(8,9)20(2,3)4)22(7)13-10-12-21(5,6)19(22)15-18(16)23/h16-19,23H,10-15H2,1-9H3/t16-,17-,18-,19-,22+/m0/s1. The molecule has 2 aliphatic carbocycles. The van der Waals surface area contributed by atoms with Gasteiger partial charge in [0.2, 0.25) is 0 Å². The average molecular weight is 369 g/mol. The molecule has 0 aromatic heterocycles. The molecule has 0 heterocycles. The van der Waals surface area contributed by atoms with Crippen LogP contribution >= 0.6 is 0 Å². The molecule has 3 heteroatoms. The van der Waals surface area contributed by atoms with Gasteiger partial charge in [-0.2, -0.15) is 0 Å². The molecule has 2 fully saturated rings. The summed E-state index contributed by atoms with van der Waals surface area (Å²) in [6.07, 6.45) is 5.92. The monoisotopic (exact) mass is 368 g/mol. The summed E-state index contributed by atoms with van der Waals surface area (Å²) in [4.78, 5) is 0. The van der Waals surface area contributed by atoms with Crippen molar-refractivity contribution in [3.8, 4) is 0 Å². The van der Waals surface area contributed by atoms with Crippen molar-refractivity contribution in [3.63, 3.8) is 0 Å². The first kappa shape index (κ1) is 21.4. The fraction of sp³-hybridized carbons (Fsp3) is 1.00. The fourth-order valence-corrected chi connectivity index (χ4v) is 6.83. The Bertz CT molecular complexity index is 465. The van der Waals surface area contributed by atoms with Crippen molar-refractivity contribution < 1.29 is 9.53 Å². The third-order valence-corrected chi connectivity index (χ3v) is 13.1. The Kier molecular flexibility index (Phi) is 5.95. The molecule has 0 saturated heterocycles. The van der Waals surface area contributed by atoms with E-state index >= 15 is 0 Å². The number of fused-ring (bicyclic) bond motifs is 1. The van der Waals surface area contributed by atoms with E-state index in [2.05, 4.69) is 61.6 Å². The molecule has 0 amide bonds. The summed E-state index contributed by atoms with van der Waals surface area (Å²) in [7, 11) is -1.69. The van der Waals surface area contributed by atoms with Crippen LogP contribution in [0.1, 0.15) is 80.6 Å². The molecule has 0 unspecified atom stereocenters.